The van der Waals surface area contributed by atoms with Gasteiger partial charge in [0.2, 0.25) is 0 Å². The Morgan fingerprint density at radius 2 is 1.73 bits per heavy atom. The Labute approximate surface area is 173 Å². The average Bonchev–Trinajstić information content (AvgIpc) is 3.15. The largest absolute Gasteiger partial charge is 0.423 e. The van der Waals surface area contributed by atoms with Crippen LogP contribution in [0.3, 0.4) is 0 Å². The van der Waals surface area contributed by atoms with Crippen LogP contribution in [0.2, 0.25) is 5.02 Å². The number of halogens is 4. The molecule has 4 aromatic rings. The number of oxazole rings is 1. The first-order chi connectivity index (χ1) is 14.3. The van der Waals surface area contributed by atoms with Gasteiger partial charge < -0.3 is 9.32 Å². The highest BCUT2D eigenvalue weighted by Gasteiger charge is 2.34. The molecule has 30 heavy (non-hydrogen) atoms. The first kappa shape index (κ1) is 20.0. The van der Waals surface area contributed by atoms with Gasteiger partial charge in [0.25, 0.3) is 6.01 Å². The lowest BCUT2D eigenvalue weighted by atomic mass is 10.1. The maximum atomic E-state index is 13.1. The fraction of sp³-hybridized carbons (Fsp3) is 0.211. The first-order valence-corrected chi connectivity index (χ1v) is 9.12. The molecule has 4 rings (SSSR count). The van der Waals surface area contributed by atoms with Crippen LogP contribution < -0.4 is 4.90 Å². The van der Waals surface area contributed by atoms with E-state index in [1.807, 2.05) is 6.92 Å². The molecular formula is C19H14ClF3N6O. The molecule has 0 radical (unpaired) electrons. The van der Waals surface area contributed by atoms with Crippen LogP contribution in [-0.4, -0.2) is 32.0 Å². The molecule has 0 aliphatic heterocycles. The Kier molecular flexibility index (Phi) is 5.02. The number of fused-ring (bicyclic) bond motifs is 1. The molecule has 7 nitrogen and oxygen atoms in total. The summed E-state index contributed by atoms with van der Waals surface area (Å²) in [7, 11) is 1.69. The molecule has 0 spiro atoms. The van der Waals surface area contributed by atoms with Gasteiger partial charge in [-0.15, -0.1) is 0 Å². The van der Waals surface area contributed by atoms with Crippen molar-refractivity contribution in [3.63, 3.8) is 0 Å². The van der Waals surface area contributed by atoms with Crippen molar-refractivity contribution in [2.24, 2.45) is 0 Å². The van der Waals surface area contributed by atoms with E-state index in [0.717, 1.165) is 12.1 Å². The van der Waals surface area contributed by atoms with Crippen LogP contribution in [0.1, 0.15) is 24.2 Å². The van der Waals surface area contributed by atoms with Crippen LogP contribution in [0.5, 0.6) is 0 Å². The minimum atomic E-state index is -4.59. The van der Waals surface area contributed by atoms with Crippen molar-refractivity contribution in [2.75, 3.05) is 11.9 Å². The molecule has 0 bridgehead atoms. The third-order valence-corrected chi connectivity index (χ3v) is 4.87. The van der Waals surface area contributed by atoms with E-state index in [0.29, 0.717) is 17.2 Å². The summed E-state index contributed by atoms with van der Waals surface area (Å²) in [6, 6.07) is 3.38. The Morgan fingerprint density at radius 1 is 1.03 bits per heavy atom. The van der Waals surface area contributed by atoms with Gasteiger partial charge in [-0.2, -0.15) is 18.2 Å². The highest BCUT2D eigenvalue weighted by atomic mass is 35.5. The average molecular weight is 435 g/mol. The summed E-state index contributed by atoms with van der Waals surface area (Å²) in [6.07, 6.45) is 1.67. The molecule has 0 N–H and O–H groups in total. The standard InChI is InChI=1S/C19H14ClF3N6O/c1-10(15-16(25-7-6-24-15)17-26-4-3-5-27-17)29(2)18-28-13-8-11(19(21,22)23)12(20)9-14(13)30-18/h3-10H,1-2H3. The van der Waals surface area contributed by atoms with Gasteiger partial charge in [-0.3, -0.25) is 4.98 Å². The summed E-state index contributed by atoms with van der Waals surface area (Å²) in [4.78, 5) is 23.0. The second kappa shape index (κ2) is 7.52. The van der Waals surface area contributed by atoms with E-state index < -0.39 is 22.8 Å². The third kappa shape index (κ3) is 3.65. The fourth-order valence-corrected chi connectivity index (χ4v) is 3.16. The highest BCUT2D eigenvalue weighted by Crippen LogP contribution is 2.38. The lowest BCUT2D eigenvalue weighted by molar-refractivity contribution is -0.137. The summed E-state index contributed by atoms with van der Waals surface area (Å²) in [5.74, 6) is 0.403. The van der Waals surface area contributed by atoms with Crippen molar-refractivity contribution in [1.29, 1.82) is 0 Å². The van der Waals surface area contributed by atoms with Gasteiger partial charge in [0.1, 0.15) is 11.2 Å². The Morgan fingerprint density at radius 3 is 2.43 bits per heavy atom. The SMILES string of the molecule is CC(c1nccnc1-c1ncccn1)N(C)c1nc2cc(C(F)(F)F)c(Cl)cc2o1. The number of anilines is 1. The predicted octanol–water partition coefficient (Wildman–Crippen LogP) is 4.94. The van der Waals surface area contributed by atoms with Crippen LogP contribution in [0, 0.1) is 0 Å². The van der Waals surface area contributed by atoms with Crippen molar-refractivity contribution in [3.8, 4) is 11.5 Å². The summed E-state index contributed by atoms with van der Waals surface area (Å²) in [6.45, 7) is 1.83. The van der Waals surface area contributed by atoms with E-state index in [2.05, 4.69) is 24.9 Å². The zero-order valence-corrected chi connectivity index (χ0v) is 16.5. The number of hydrogen-bond acceptors (Lipinski definition) is 7. The summed E-state index contributed by atoms with van der Waals surface area (Å²) < 4.78 is 45.0. The number of alkyl halides is 3. The van der Waals surface area contributed by atoms with Gasteiger partial charge >= 0.3 is 6.18 Å². The van der Waals surface area contributed by atoms with Crippen molar-refractivity contribution in [3.05, 3.63) is 59.3 Å². The lowest BCUT2D eigenvalue weighted by Crippen LogP contribution is -2.23. The van der Waals surface area contributed by atoms with Crippen LogP contribution in [-0.2, 0) is 6.18 Å². The molecule has 3 heterocycles. The van der Waals surface area contributed by atoms with Gasteiger partial charge in [0.15, 0.2) is 11.4 Å². The summed E-state index contributed by atoms with van der Waals surface area (Å²) in [5.41, 5.74) is 0.266. The van der Waals surface area contributed by atoms with Gasteiger partial charge in [-0.05, 0) is 19.1 Å². The predicted molar refractivity (Wildman–Crippen MR) is 104 cm³/mol. The molecule has 11 heteroatoms. The van der Waals surface area contributed by atoms with Gasteiger partial charge in [-0.25, -0.2) is 15.0 Å². The molecule has 0 aliphatic carbocycles. The molecule has 154 valence electrons. The number of nitrogens with zero attached hydrogens (tertiary/aromatic N) is 6. The second-order valence-corrected chi connectivity index (χ2v) is 6.85. The molecule has 1 aromatic carbocycles. The number of rotatable bonds is 4. The van der Waals surface area contributed by atoms with Gasteiger partial charge in [0, 0.05) is 37.9 Å². The first-order valence-electron chi connectivity index (χ1n) is 8.74. The fourth-order valence-electron chi connectivity index (χ4n) is 2.90. The number of hydrogen-bond donors (Lipinski definition) is 0. The third-order valence-electron chi connectivity index (χ3n) is 4.55. The molecular weight excluding hydrogens is 421 g/mol. The molecule has 3 aromatic heterocycles. The zero-order chi connectivity index (χ0) is 21.5. The van der Waals surface area contributed by atoms with E-state index in [-0.39, 0.29) is 17.1 Å². The van der Waals surface area contributed by atoms with Gasteiger partial charge in [-0.1, -0.05) is 11.6 Å². The Balaban J connectivity index is 1.72. The minimum Gasteiger partial charge on any atom is -0.423 e. The van der Waals surface area contributed by atoms with Crippen LogP contribution in [0.4, 0.5) is 19.2 Å². The van der Waals surface area contributed by atoms with E-state index in [4.69, 9.17) is 16.0 Å². The highest BCUT2D eigenvalue weighted by molar-refractivity contribution is 6.32. The molecule has 0 saturated heterocycles. The van der Waals surface area contributed by atoms with Crippen molar-refractivity contribution < 1.29 is 17.6 Å². The summed E-state index contributed by atoms with van der Waals surface area (Å²) in [5, 5.41) is -0.453. The molecule has 0 amide bonds. The van der Waals surface area contributed by atoms with E-state index >= 15 is 0 Å². The molecule has 0 fully saturated rings. The van der Waals surface area contributed by atoms with Crippen LogP contribution in [0.15, 0.2) is 47.4 Å². The maximum absolute atomic E-state index is 13.1. The molecule has 0 aliphatic rings. The monoisotopic (exact) mass is 434 g/mol. The number of benzene rings is 1. The Bertz CT molecular complexity index is 1200. The molecule has 1 unspecified atom stereocenters. The smallest absolute Gasteiger partial charge is 0.417 e. The van der Waals surface area contributed by atoms with Crippen molar-refractivity contribution in [2.45, 2.75) is 19.1 Å². The van der Waals surface area contributed by atoms with E-state index in [1.54, 1.807) is 30.4 Å². The van der Waals surface area contributed by atoms with E-state index in [1.165, 1.54) is 12.4 Å². The van der Waals surface area contributed by atoms with Crippen molar-refractivity contribution in [1.82, 2.24) is 24.9 Å². The van der Waals surface area contributed by atoms with Crippen molar-refractivity contribution >= 4 is 28.7 Å². The molecule has 1 atom stereocenters. The topological polar surface area (TPSA) is 80.8 Å². The number of aromatic nitrogens is 5. The van der Waals surface area contributed by atoms with Crippen LogP contribution in [0.25, 0.3) is 22.6 Å². The quantitative estimate of drug-likeness (QED) is 0.449. The zero-order valence-electron chi connectivity index (χ0n) is 15.7. The maximum Gasteiger partial charge on any atom is 0.417 e. The summed E-state index contributed by atoms with van der Waals surface area (Å²) >= 11 is 5.77. The molecule has 0 saturated carbocycles. The van der Waals surface area contributed by atoms with Gasteiger partial charge in [0.05, 0.1) is 22.3 Å². The lowest BCUT2D eigenvalue weighted by Gasteiger charge is -2.23. The minimum absolute atomic E-state index is 0.0477. The second-order valence-electron chi connectivity index (χ2n) is 6.44. The Hall–Kier alpha value is -3.27. The van der Waals surface area contributed by atoms with E-state index in [9.17, 15) is 13.2 Å². The van der Waals surface area contributed by atoms with Crippen LogP contribution >= 0.6 is 11.6 Å². The normalized spacial score (nSPS) is 12.9.